The molecule has 11 heteroatoms. The lowest BCUT2D eigenvalue weighted by Crippen LogP contribution is -2.63. The van der Waals surface area contributed by atoms with Gasteiger partial charge < -0.3 is 19.7 Å². The molecule has 0 spiro atoms. The van der Waals surface area contributed by atoms with Crippen LogP contribution in [0, 0.1) is 38.7 Å². The number of aliphatic hydroxyl groups is 2. The summed E-state index contributed by atoms with van der Waals surface area (Å²) >= 11 is 1.36. The first-order chi connectivity index (χ1) is 20.5. The van der Waals surface area contributed by atoms with Gasteiger partial charge in [0.25, 0.3) is 5.69 Å². The number of carbonyl (C=O) groups excluding carboxylic acids is 2. The van der Waals surface area contributed by atoms with Crippen molar-refractivity contribution in [1.29, 1.82) is 0 Å². The van der Waals surface area contributed by atoms with Crippen molar-refractivity contribution in [2.45, 2.75) is 70.1 Å². The van der Waals surface area contributed by atoms with E-state index < -0.39 is 52.2 Å². The number of aliphatic hydroxyl groups excluding tert-OH is 2. The highest BCUT2D eigenvalue weighted by molar-refractivity contribution is 7.11. The third kappa shape index (κ3) is 4.09. The lowest BCUT2D eigenvalue weighted by molar-refractivity contribution is -0.384. The number of ketones is 2. The quantitative estimate of drug-likeness (QED) is 0.364. The SMILES string of the molecule is C[C@]12C=CC(=O)C=C1CC[C@@H]1[C@@H]2[C@@H](O)C[C@@]2(C)[C@H]1C[C@H]1OC(c3cnc(Cc4cccc([N+](=O)[O-])c4)s3)O[C@]12C(=O)CO. The molecule has 1 aromatic heterocycles. The van der Waals surface area contributed by atoms with Gasteiger partial charge >= 0.3 is 0 Å². The molecule has 1 aromatic carbocycles. The highest BCUT2D eigenvalue weighted by Gasteiger charge is 2.76. The smallest absolute Gasteiger partial charge is 0.269 e. The number of nitro benzene ring substituents is 1. The molecule has 2 N–H and O–H groups in total. The van der Waals surface area contributed by atoms with E-state index in [1.165, 1.54) is 23.5 Å². The van der Waals surface area contributed by atoms with Crippen molar-refractivity contribution >= 4 is 28.6 Å². The number of rotatable bonds is 6. The molecule has 1 unspecified atom stereocenters. The van der Waals surface area contributed by atoms with Gasteiger partial charge in [0.2, 0.25) is 0 Å². The summed E-state index contributed by atoms with van der Waals surface area (Å²) in [5, 5.41) is 33.9. The number of hydrogen-bond donors (Lipinski definition) is 2. The lowest BCUT2D eigenvalue weighted by Gasteiger charge is -2.59. The van der Waals surface area contributed by atoms with Crippen molar-refractivity contribution in [3.8, 4) is 0 Å². The Balaban J connectivity index is 1.18. The summed E-state index contributed by atoms with van der Waals surface area (Å²) in [6.07, 6.45) is 7.52. The van der Waals surface area contributed by atoms with Crippen molar-refractivity contribution in [2.24, 2.45) is 28.6 Å². The van der Waals surface area contributed by atoms with E-state index in [1.54, 1.807) is 24.4 Å². The van der Waals surface area contributed by atoms with E-state index in [0.29, 0.717) is 24.1 Å². The molecule has 7 rings (SSSR count). The molecule has 4 aliphatic carbocycles. The Kier molecular flexibility index (Phi) is 6.64. The first-order valence-electron chi connectivity index (χ1n) is 14.8. The summed E-state index contributed by atoms with van der Waals surface area (Å²) in [5.74, 6) is -0.476. The van der Waals surface area contributed by atoms with Crippen LogP contribution >= 0.6 is 11.3 Å². The van der Waals surface area contributed by atoms with Crippen LogP contribution in [0.1, 0.15) is 61.3 Å². The fourth-order valence-corrected chi connectivity index (χ4v) is 10.2. The Morgan fingerprint density at radius 2 is 2.12 bits per heavy atom. The molecule has 0 bridgehead atoms. The zero-order valence-corrected chi connectivity index (χ0v) is 24.8. The van der Waals surface area contributed by atoms with Crippen LogP contribution in [-0.4, -0.2) is 56.1 Å². The molecule has 0 radical (unpaired) electrons. The third-order valence-electron chi connectivity index (χ3n) is 11.1. The standard InChI is InChI=1S/C32H34N2O8S/c1-30-9-8-20(36)12-18(30)6-7-21-22-13-26-32(25(38)16-35,31(22,2)14-23(37)28(21)30)42-29(41-26)24-15-33-27(43-24)11-17-4-3-5-19(10-17)34(39)40/h3-5,8-10,12,15,21-23,26,28-29,35,37H,6-7,11,13-14,16H2,1-2H3/t21-,22-,23-,26+,28+,29?,30-,31-,32+/m0/s1. The monoisotopic (exact) mass is 606 g/mol. The molecular weight excluding hydrogens is 572 g/mol. The number of thiazole rings is 1. The summed E-state index contributed by atoms with van der Waals surface area (Å²) in [6.45, 7) is 3.41. The lowest BCUT2D eigenvalue weighted by atomic mass is 9.46. The van der Waals surface area contributed by atoms with Gasteiger partial charge in [-0.1, -0.05) is 37.6 Å². The second kappa shape index (κ2) is 9.97. The van der Waals surface area contributed by atoms with Gasteiger partial charge in [-0.3, -0.25) is 19.7 Å². The van der Waals surface area contributed by atoms with Crippen LogP contribution in [0.25, 0.3) is 0 Å². The third-order valence-corrected chi connectivity index (χ3v) is 12.1. The summed E-state index contributed by atoms with van der Waals surface area (Å²) in [5.41, 5.74) is -0.823. The highest BCUT2D eigenvalue weighted by Crippen LogP contribution is 2.70. The zero-order chi connectivity index (χ0) is 30.3. The second-order valence-electron chi connectivity index (χ2n) is 13.1. The minimum Gasteiger partial charge on any atom is -0.393 e. The maximum atomic E-state index is 13.7. The van der Waals surface area contributed by atoms with Crippen LogP contribution in [0.4, 0.5) is 5.69 Å². The molecule has 0 amide bonds. The molecule has 1 saturated heterocycles. The van der Waals surface area contributed by atoms with Gasteiger partial charge in [-0.25, -0.2) is 4.98 Å². The van der Waals surface area contributed by atoms with Crippen molar-refractivity contribution < 1.29 is 34.2 Å². The number of nitro groups is 1. The van der Waals surface area contributed by atoms with E-state index >= 15 is 0 Å². The largest absolute Gasteiger partial charge is 0.393 e. The van der Waals surface area contributed by atoms with Crippen LogP contribution in [-0.2, 0) is 25.5 Å². The molecule has 2 heterocycles. The number of ether oxygens (including phenoxy) is 2. The first kappa shape index (κ1) is 28.7. The Morgan fingerprint density at radius 3 is 2.88 bits per heavy atom. The van der Waals surface area contributed by atoms with Gasteiger partial charge in [-0.05, 0) is 55.2 Å². The van der Waals surface area contributed by atoms with E-state index in [4.69, 9.17) is 9.47 Å². The minimum absolute atomic E-state index is 0.0117. The maximum absolute atomic E-state index is 13.7. The molecule has 3 saturated carbocycles. The predicted molar refractivity (Wildman–Crippen MR) is 155 cm³/mol. The van der Waals surface area contributed by atoms with Gasteiger partial charge in [0.1, 0.15) is 6.61 Å². The number of nitrogens with zero attached hydrogens (tertiary/aromatic N) is 2. The van der Waals surface area contributed by atoms with Crippen LogP contribution in [0.3, 0.4) is 0 Å². The average molecular weight is 607 g/mol. The summed E-state index contributed by atoms with van der Waals surface area (Å²) in [6, 6.07) is 6.42. The van der Waals surface area contributed by atoms with E-state index in [2.05, 4.69) is 11.9 Å². The van der Waals surface area contributed by atoms with Crippen LogP contribution in [0.5, 0.6) is 0 Å². The maximum Gasteiger partial charge on any atom is 0.269 e. The number of hydrogen-bond acceptors (Lipinski definition) is 10. The fraction of sp³-hybridized carbons (Fsp3) is 0.531. The Bertz CT molecular complexity index is 1580. The Hall–Kier alpha value is -3.09. The molecule has 4 fully saturated rings. The van der Waals surface area contributed by atoms with Crippen molar-refractivity contribution in [1.82, 2.24) is 4.98 Å². The van der Waals surface area contributed by atoms with Gasteiger partial charge in [-0.15, -0.1) is 11.3 Å². The van der Waals surface area contributed by atoms with Gasteiger partial charge in [0, 0.05) is 41.5 Å². The van der Waals surface area contributed by atoms with Gasteiger partial charge in [-0.2, -0.15) is 0 Å². The predicted octanol–water partition coefficient (Wildman–Crippen LogP) is 4.24. The number of aromatic nitrogens is 1. The summed E-state index contributed by atoms with van der Waals surface area (Å²) in [4.78, 5) is 41.8. The average Bonchev–Trinajstić information content (AvgIpc) is 3.65. The molecule has 9 atom stereocenters. The molecule has 1 aliphatic heterocycles. The highest BCUT2D eigenvalue weighted by atomic mass is 32.1. The van der Waals surface area contributed by atoms with Crippen molar-refractivity contribution in [3.63, 3.8) is 0 Å². The number of benzene rings is 1. The van der Waals surface area contributed by atoms with Gasteiger partial charge in [0.05, 0.1) is 27.0 Å². The van der Waals surface area contributed by atoms with Crippen molar-refractivity contribution in [2.75, 3.05) is 6.61 Å². The summed E-state index contributed by atoms with van der Waals surface area (Å²) in [7, 11) is 0. The van der Waals surface area contributed by atoms with Crippen LogP contribution < -0.4 is 0 Å². The number of Topliss-reactive ketones (excluding diaryl/α,β-unsaturated/α-hetero) is 1. The van der Waals surface area contributed by atoms with E-state index in [-0.39, 0.29) is 29.2 Å². The zero-order valence-electron chi connectivity index (χ0n) is 24.0. The molecule has 10 nitrogen and oxygen atoms in total. The summed E-state index contributed by atoms with van der Waals surface area (Å²) < 4.78 is 13.1. The number of allylic oxidation sites excluding steroid dienone is 4. The molecule has 43 heavy (non-hydrogen) atoms. The van der Waals surface area contributed by atoms with Crippen LogP contribution in [0.15, 0.2) is 54.3 Å². The Morgan fingerprint density at radius 1 is 1.30 bits per heavy atom. The molecule has 226 valence electrons. The number of non-ortho nitro benzene ring substituents is 1. The van der Waals surface area contributed by atoms with E-state index in [0.717, 1.165) is 29.0 Å². The van der Waals surface area contributed by atoms with Gasteiger partial charge in [0.15, 0.2) is 23.5 Å². The second-order valence-corrected chi connectivity index (χ2v) is 14.2. The molecule has 5 aliphatic rings. The first-order valence-corrected chi connectivity index (χ1v) is 15.6. The molecular formula is C32H34N2O8S. The molecule has 2 aromatic rings. The normalized spacial score (nSPS) is 39.4. The van der Waals surface area contributed by atoms with Crippen molar-refractivity contribution in [3.05, 3.63) is 79.8 Å². The van der Waals surface area contributed by atoms with Crippen LogP contribution in [0.2, 0.25) is 0 Å². The van der Waals surface area contributed by atoms with E-state index in [9.17, 15) is 29.9 Å². The number of fused-ring (bicyclic) bond motifs is 7. The Labute approximate surface area is 252 Å². The topological polar surface area (TPSA) is 149 Å². The minimum atomic E-state index is -1.43. The number of carbonyl (C=O) groups is 2. The van der Waals surface area contributed by atoms with E-state index in [1.807, 2.05) is 19.1 Å². The fourth-order valence-electron chi connectivity index (χ4n) is 9.28.